The molecule has 0 N–H and O–H groups in total. The SMILES string of the molecule is COc1ncc(C=O)c(C#N)c1C(F)F. The zero-order chi connectivity index (χ0) is 11.4. The van der Waals surface area contributed by atoms with Gasteiger partial charge in [0.1, 0.15) is 6.07 Å². The molecule has 0 aromatic carbocycles. The number of nitrogens with zero attached hydrogens (tertiary/aromatic N) is 2. The Morgan fingerprint density at radius 3 is 2.73 bits per heavy atom. The van der Waals surface area contributed by atoms with Crippen molar-refractivity contribution in [2.75, 3.05) is 7.11 Å². The topological polar surface area (TPSA) is 63.0 Å². The molecule has 0 bridgehead atoms. The molecule has 0 fully saturated rings. The van der Waals surface area contributed by atoms with E-state index in [2.05, 4.69) is 9.72 Å². The van der Waals surface area contributed by atoms with Crippen LogP contribution in [0, 0.1) is 11.3 Å². The summed E-state index contributed by atoms with van der Waals surface area (Å²) in [7, 11) is 1.16. The van der Waals surface area contributed by atoms with Gasteiger partial charge in [0, 0.05) is 6.20 Å². The van der Waals surface area contributed by atoms with Gasteiger partial charge in [-0.1, -0.05) is 0 Å². The van der Waals surface area contributed by atoms with E-state index in [4.69, 9.17) is 5.26 Å². The smallest absolute Gasteiger partial charge is 0.270 e. The summed E-state index contributed by atoms with van der Waals surface area (Å²) in [5, 5.41) is 8.67. The van der Waals surface area contributed by atoms with Gasteiger partial charge in [-0.2, -0.15) is 5.26 Å². The Morgan fingerprint density at radius 1 is 1.67 bits per heavy atom. The number of rotatable bonds is 3. The highest BCUT2D eigenvalue weighted by Gasteiger charge is 2.22. The van der Waals surface area contributed by atoms with Crippen molar-refractivity contribution < 1.29 is 18.3 Å². The minimum atomic E-state index is -2.91. The second-order valence-electron chi connectivity index (χ2n) is 2.54. The van der Waals surface area contributed by atoms with Gasteiger partial charge in [-0.25, -0.2) is 13.8 Å². The lowest BCUT2D eigenvalue weighted by Crippen LogP contribution is -2.02. The van der Waals surface area contributed by atoms with Crippen molar-refractivity contribution in [3.05, 3.63) is 22.9 Å². The van der Waals surface area contributed by atoms with Gasteiger partial charge in [0.2, 0.25) is 5.88 Å². The maximum Gasteiger partial charge on any atom is 0.270 e. The minimum Gasteiger partial charge on any atom is -0.481 e. The Balaban J connectivity index is 3.53. The summed E-state index contributed by atoms with van der Waals surface area (Å²) in [6.07, 6.45) is -1.59. The molecule has 0 unspecified atom stereocenters. The molecule has 0 saturated carbocycles. The molecular formula is C9H6F2N2O2. The van der Waals surface area contributed by atoms with Crippen molar-refractivity contribution in [2.45, 2.75) is 6.43 Å². The van der Waals surface area contributed by atoms with E-state index >= 15 is 0 Å². The van der Waals surface area contributed by atoms with Crippen LogP contribution in [0.3, 0.4) is 0 Å². The Morgan fingerprint density at radius 2 is 2.33 bits per heavy atom. The molecular weight excluding hydrogens is 206 g/mol. The van der Waals surface area contributed by atoms with Crippen molar-refractivity contribution in [2.24, 2.45) is 0 Å². The van der Waals surface area contributed by atoms with Crippen LogP contribution in [-0.2, 0) is 0 Å². The number of hydrogen-bond donors (Lipinski definition) is 0. The second kappa shape index (κ2) is 4.46. The fourth-order valence-electron chi connectivity index (χ4n) is 1.10. The number of ether oxygens (including phenoxy) is 1. The number of pyridine rings is 1. The van der Waals surface area contributed by atoms with E-state index in [-0.39, 0.29) is 11.4 Å². The Bertz CT molecular complexity index is 427. The fraction of sp³-hybridized carbons (Fsp3) is 0.222. The predicted molar refractivity (Wildman–Crippen MR) is 45.8 cm³/mol. The first kappa shape index (κ1) is 11.0. The van der Waals surface area contributed by atoms with Gasteiger partial charge in [-0.15, -0.1) is 0 Å². The van der Waals surface area contributed by atoms with Crippen molar-refractivity contribution >= 4 is 6.29 Å². The summed E-state index contributed by atoms with van der Waals surface area (Å²) < 4.78 is 29.8. The number of halogens is 2. The molecule has 1 aromatic heterocycles. The minimum absolute atomic E-state index is 0.173. The third-order valence-corrected chi connectivity index (χ3v) is 1.76. The molecule has 0 atom stereocenters. The lowest BCUT2D eigenvalue weighted by molar-refractivity contribution is 0.112. The van der Waals surface area contributed by atoms with E-state index in [1.54, 1.807) is 0 Å². The molecule has 0 aliphatic carbocycles. The van der Waals surface area contributed by atoms with E-state index in [9.17, 15) is 13.6 Å². The molecule has 0 aliphatic rings. The quantitative estimate of drug-likeness (QED) is 0.715. The molecule has 78 valence electrons. The highest BCUT2D eigenvalue weighted by Crippen LogP contribution is 2.31. The maximum atomic E-state index is 12.6. The van der Waals surface area contributed by atoms with E-state index in [0.717, 1.165) is 13.3 Å². The van der Waals surface area contributed by atoms with Gasteiger partial charge in [-0.3, -0.25) is 4.79 Å². The molecule has 15 heavy (non-hydrogen) atoms. The van der Waals surface area contributed by atoms with Gasteiger partial charge in [0.05, 0.1) is 23.8 Å². The van der Waals surface area contributed by atoms with Gasteiger partial charge in [0.25, 0.3) is 6.43 Å². The molecule has 1 heterocycles. The number of carbonyl (C=O) groups is 1. The number of alkyl halides is 2. The lowest BCUT2D eigenvalue weighted by Gasteiger charge is -2.08. The predicted octanol–water partition coefficient (Wildman–Crippen LogP) is 1.71. The maximum absolute atomic E-state index is 12.6. The van der Waals surface area contributed by atoms with E-state index in [0.29, 0.717) is 6.29 Å². The third kappa shape index (κ3) is 1.91. The van der Waals surface area contributed by atoms with Crippen molar-refractivity contribution in [1.82, 2.24) is 4.98 Å². The molecule has 6 heteroatoms. The van der Waals surface area contributed by atoms with Crippen LogP contribution in [0.15, 0.2) is 6.20 Å². The van der Waals surface area contributed by atoms with Gasteiger partial charge in [-0.05, 0) is 0 Å². The molecule has 0 spiro atoms. The average Bonchev–Trinajstić information content (AvgIpc) is 2.26. The van der Waals surface area contributed by atoms with Crippen molar-refractivity contribution in [3.63, 3.8) is 0 Å². The van der Waals surface area contributed by atoms with E-state index in [1.807, 2.05) is 0 Å². The van der Waals surface area contributed by atoms with Crippen LogP contribution >= 0.6 is 0 Å². The number of aldehydes is 1. The normalized spacial score (nSPS) is 9.80. The second-order valence-corrected chi connectivity index (χ2v) is 2.54. The summed E-state index contributed by atoms with van der Waals surface area (Å²) in [4.78, 5) is 14.0. The van der Waals surface area contributed by atoms with E-state index < -0.39 is 17.6 Å². The Hall–Kier alpha value is -2.03. The van der Waals surface area contributed by atoms with Crippen molar-refractivity contribution in [3.8, 4) is 11.9 Å². The summed E-state index contributed by atoms with van der Waals surface area (Å²) in [6, 6.07) is 1.54. The fourth-order valence-corrected chi connectivity index (χ4v) is 1.10. The van der Waals surface area contributed by atoms with Gasteiger partial charge in [0.15, 0.2) is 6.29 Å². The number of methoxy groups -OCH3 is 1. The first-order valence-corrected chi connectivity index (χ1v) is 3.86. The highest BCUT2D eigenvalue weighted by atomic mass is 19.3. The van der Waals surface area contributed by atoms with Crippen LogP contribution in [0.1, 0.15) is 27.9 Å². The molecule has 0 aliphatic heterocycles. The Labute approximate surface area is 84.1 Å². The van der Waals surface area contributed by atoms with E-state index in [1.165, 1.54) is 6.07 Å². The first-order valence-electron chi connectivity index (χ1n) is 3.86. The molecule has 4 nitrogen and oxygen atoms in total. The summed E-state index contributed by atoms with van der Waals surface area (Å²) in [6.45, 7) is 0. The first-order chi connectivity index (χ1) is 7.15. The van der Waals surface area contributed by atoms with Crippen LogP contribution in [-0.4, -0.2) is 18.4 Å². The number of aromatic nitrogens is 1. The van der Waals surface area contributed by atoms with Crippen LogP contribution in [0.25, 0.3) is 0 Å². The Kier molecular flexibility index (Phi) is 3.29. The lowest BCUT2D eigenvalue weighted by atomic mass is 10.1. The summed E-state index contributed by atoms with van der Waals surface area (Å²) >= 11 is 0. The van der Waals surface area contributed by atoms with Crippen LogP contribution < -0.4 is 4.74 Å². The van der Waals surface area contributed by atoms with Gasteiger partial charge < -0.3 is 4.74 Å². The molecule has 0 radical (unpaired) electrons. The molecule has 1 aromatic rings. The molecule has 1 rings (SSSR count). The summed E-state index contributed by atoms with van der Waals surface area (Å²) in [5.41, 5.74) is -1.22. The molecule has 0 saturated heterocycles. The van der Waals surface area contributed by atoms with Crippen molar-refractivity contribution in [1.29, 1.82) is 5.26 Å². The highest BCUT2D eigenvalue weighted by molar-refractivity contribution is 5.80. The largest absolute Gasteiger partial charge is 0.481 e. The van der Waals surface area contributed by atoms with Crippen LogP contribution in [0.4, 0.5) is 8.78 Å². The monoisotopic (exact) mass is 212 g/mol. The van der Waals surface area contributed by atoms with Gasteiger partial charge >= 0.3 is 0 Å². The summed E-state index contributed by atoms with van der Waals surface area (Å²) in [5.74, 6) is -0.341. The standard InChI is InChI=1S/C9H6F2N2O2/c1-15-9-7(8(10)11)6(2-12)5(4-14)3-13-9/h3-4,8H,1H3. The zero-order valence-corrected chi connectivity index (χ0v) is 7.70. The zero-order valence-electron chi connectivity index (χ0n) is 7.70. The number of hydrogen-bond acceptors (Lipinski definition) is 4. The number of carbonyl (C=O) groups excluding carboxylic acids is 1. The average molecular weight is 212 g/mol. The third-order valence-electron chi connectivity index (χ3n) is 1.76. The van der Waals surface area contributed by atoms with Crippen LogP contribution in [0.2, 0.25) is 0 Å². The van der Waals surface area contributed by atoms with Crippen LogP contribution in [0.5, 0.6) is 5.88 Å². The molecule has 0 amide bonds. The number of nitriles is 1.